The van der Waals surface area contributed by atoms with Crippen LogP contribution in [0.25, 0.3) is 0 Å². The van der Waals surface area contributed by atoms with E-state index in [1.807, 2.05) is 27.8 Å². The second-order valence-electron chi connectivity index (χ2n) is 6.28. The quantitative estimate of drug-likeness (QED) is 0.739. The topological polar surface area (TPSA) is 49.4 Å². The van der Waals surface area contributed by atoms with Gasteiger partial charge in [0.1, 0.15) is 0 Å². The van der Waals surface area contributed by atoms with Gasteiger partial charge < -0.3 is 10.2 Å². The maximum atomic E-state index is 11.7. The molecule has 0 rings (SSSR count). The second kappa shape index (κ2) is 7.39. The lowest BCUT2D eigenvalue weighted by molar-refractivity contribution is -0.131. The van der Waals surface area contributed by atoms with Gasteiger partial charge in [-0.1, -0.05) is 34.6 Å². The van der Waals surface area contributed by atoms with Crippen LogP contribution in [0, 0.1) is 11.3 Å². The zero-order valence-electron chi connectivity index (χ0n) is 12.7. The Morgan fingerprint density at radius 2 is 1.78 bits per heavy atom. The van der Waals surface area contributed by atoms with Crippen molar-refractivity contribution < 1.29 is 9.59 Å². The van der Waals surface area contributed by atoms with E-state index in [2.05, 4.69) is 19.2 Å². The number of nitrogens with zero attached hydrogens (tertiary/aromatic N) is 1. The van der Waals surface area contributed by atoms with Crippen LogP contribution in [0.1, 0.15) is 47.5 Å². The van der Waals surface area contributed by atoms with E-state index in [1.165, 1.54) is 0 Å². The van der Waals surface area contributed by atoms with Crippen molar-refractivity contribution in [1.29, 1.82) is 0 Å². The molecule has 0 unspecified atom stereocenters. The number of carbonyl (C=O) groups excluding carboxylic acids is 2. The third-order valence-corrected chi connectivity index (χ3v) is 2.60. The van der Waals surface area contributed by atoms with Crippen LogP contribution in [0.5, 0.6) is 0 Å². The Morgan fingerprint density at radius 1 is 1.22 bits per heavy atom. The Kier molecular flexibility index (Phi) is 6.96. The Balaban J connectivity index is 3.79. The summed E-state index contributed by atoms with van der Waals surface area (Å²) in [6.07, 6.45) is 1.19. The number of carbonyl (C=O) groups is 2. The molecule has 0 atom stereocenters. The standard InChI is InChI=1S/C14H28N2O2/c1-11(2)10-16(6)12(17)8-7-9-15-13(18)14(3,4)5/h11H,7-10H2,1-6H3,(H,15,18). The van der Waals surface area contributed by atoms with Gasteiger partial charge in [-0.2, -0.15) is 0 Å². The number of hydrogen-bond acceptors (Lipinski definition) is 2. The molecule has 0 aliphatic rings. The fourth-order valence-corrected chi connectivity index (χ4v) is 1.55. The molecule has 0 aromatic carbocycles. The fourth-order valence-electron chi connectivity index (χ4n) is 1.55. The first-order chi connectivity index (χ1) is 8.14. The van der Waals surface area contributed by atoms with Crippen molar-refractivity contribution in [3.8, 4) is 0 Å². The van der Waals surface area contributed by atoms with E-state index < -0.39 is 0 Å². The van der Waals surface area contributed by atoms with E-state index in [9.17, 15) is 9.59 Å². The monoisotopic (exact) mass is 256 g/mol. The van der Waals surface area contributed by atoms with Gasteiger partial charge in [-0.25, -0.2) is 0 Å². The van der Waals surface area contributed by atoms with E-state index in [0.717, 1.165) is 6.54 Å². The molecule has 4 nitrogen and oxygen atoms in total. The predicted octanol–water partition coefficient (Wildman–Crippen LogP) is 2.04. The molecule has 4 heteroatoms. The molecule has 18 heavy (non-hydrogen) atoms. The van der Waals surface area contributed by atoms with Crippen LogP contribution in [-0.2, 0) is 9.59 Å². The summed E-state index contributed by atoms with van der Waals surface area (Å²) in [6.45, 7) is 11.2. The average molecular weight is 256 g/mol. The molecule has 0 spiro atoms. The number of amides is 2. The molecule has 0 aliphatic heterocycles. The first-order valence-corrected chi connectivity index (χ1v) is 6.67. The predicted molar refractivity (Wildman–Crippen MR) is 74.2 cm³/mol. The Morgan fingerprint density at radius 3 is 2.22 bits per heavy atom. The van der Waals surface area contributed by atoms with Gasteiger partial charge in [-0.05, 0) is 12.3 Å². The highest BCUT2D eigenvalue weighted by Gasteiger charge is 2.20. The van der Waals surface area contributed by atoms with Gasteiger partial charge in [0.05, 0.1) is 0 Å². The third kappa shape index (κ3) is 7.30. The van der Waals surface area contributed by atoms with Gasteiger partial charge in [0.2, 0.25) is 11.8 Å². The molecule has 0 heterocycles. The summed E-state index contributed by atoms with van der Waals surface area (Å²) >= 11 is 0. The molecule has 0 aromatic rings. The molecule has 0 radical (unpaired) electrons. The van der Waals surface area contributed by atoms with E-state index in [4.69, 9.17) is 0 Å². The number of nitrogens with one attached hydrogen (secondary N) is 1. The minimum Gasteiger partial charge on any atom is -0.356 e. The van der Waals surface area contributed by atoms with Crippen molar-refractivity contribution in [3.05, 3.63) is 0 Å². The molecule has 0 saturated carbocycles. The van der Waals surface area contributed by atoms with Crippen LogP contribution >= 0.6 is 0 Å². The lowest BCUT2D eigenvalue weighted by Gasteiger charge is -2.20. The SMILES string of the molecule is CC(C)CN(C)C(=O)CCCNC(=O)C(C)(C)C. The van der Waals surface area contributed by atoms with Crippen molar-refractivity contribution in [2.24, 2.45) is 11.3 Å². The molecule has 0 aromatic heterocycles. The lowest BCUT2D eigenvalue weighted by Crippen LogP contribution is -2.36. The highest BCUT2D eigenvalue weighted by atomic mass is 16.2. The Hall–Kier alpha value is -1.06. The zero-order valence-corrected chi connectivity index (χ0v) is 12.7. The molecule has 0 bridgehead atoms. The molecule has 2 amide bonds. The Bertz CT molecular complexity index is 280. The van der Waals surface area contributed by atoms with Crippen LogP contribution in [0.4, 0.5) is 0 Å². The summed E-state index contributed by atoms with van der Waals surface area (Å²) in [5, 5.41) is 2.85. The van der Waals surface area contributed by atoms with Crippen LogP contribution in [0.2, 0.25) is 0 Å². The average Bonchev–Trinajstić information content (AvgIpc) is 2.21. The molecular weight excluding hydrogens is 228 g/mol. The smallest absolute Gasteiger partial charge is 0.225 e. The minimum atomic E-state index is -0.363. The highest BCUT2D eigenvalue weighted by Crippen LogP contribution is 2.12. The van der Waals surface area contributed by atoms with Crippen LogP contribution in [0.15, 0.2) is 0 Å². The van der Waals surface area contributed by atoms with Gasteiger partial charge in [0.15, 0.2) is 0 Å². The second-order valence-corrected chi connectivity index (χ2v) is 6.28. The normalized spacial score (nSPS) is 11.5. The van der Waals surface area contributed by atoms with E-state index >= 15 is 0 Å². The third-order valence-electron chi connectivity index (χ3n) is 2.60. The van der Waals surface area contributed by atoms with Gasteiger partial charge in [-0.15, -0.1) is 0 Å². The van der Waals surface area contributed by atoms with Crippen LogP contribution in [0.3, 0.4) is 0 Å². The summed E-state index contributed by atoms with van der Waals surface area (Å²) in [7, 11) is 1.83. The van der Waals surface area contributed by atoms with Gasteiger partial charge in [0, 0.05) is 32.0 Å². The van der Waals surface area contributed by atoms with E-state index in [1.54, 1.807) is 4.90 Å². The van der Waals surface area contributed by atoms with Crippen molar-refractivity contribution >= 4 is 11.8 Å². The molecule has 0 aliphatic carbocycles. The molecule has 1 N–H and O–H groups in total. The highest BCUT2D eigenvalue weighted by molar-refractivity contribution is 5.81. The summed E-state index contributed by atoms with van der Waals surface area (Å²) in [6, 6.07) is 0. The minimum absolute atomic E-state index is 0.0329. The number of hydrogen-bond donors (Lipinski definition) is 1. The summed E-state index contributed by atoms with van der Waals surface area (Å²) in [5.74, 6) is 0.665. The summed E-state index contributed by atoms with van der Waals surface area (Å²) in [5.41, 5.74) is -0.363. The van der Waals surface area contributed by atoms with Gasteiger partial charge in [0.25, 0.3) is 0 Å². The maximum Gasteiger partial charge on any atom is 0.225 e. The zero-order chi connectivity index (χ0) is 14.3. The van der Waals surface area contributed by atoms with Gasteiger partial charge >= 0.3 is 0 Å². The summed E-state index contributed by atoms with van der Waals surface area (Å²) < 4.78 is 0. The Labute approximate surface area is 111 Å². The lowest BCUT2D eigenvalue weighted by atomic mass is 9.96. The van der Waals surface area contributed by atoms with Crippen LogP contribution < -0.4 is 5.32 Å². The molecule has 106 valence electrons. The van der Waals surface area contributed by atoms with Gasteiger partial charge in [-0.3, -0.25) is 9.59 Å². The number of rotatable bonds is 6. The van der Waals surface area contributed by atoms with E-state index in [-0.39, 0.29) is 17.2 Å². The first kappa shape index (κ1) is 16.9. The maximum absolute atomic E-state index is 11.7. The first-order valence-electron chi connectivity index (χ1n) is 6.67. The molecule has 0 fully saturated rings. The van der Waals surface area contributed by atoms with Crippen molar-refractivity contribution in [2.45, 2.75) is 47.5 Å². The van der Waals surface area contributed by atoms with Crippen molar-refractivity contribution in [2.75, 3.05) is 20.1 Å². The molecule has 0 saturated heterocycles. The van der Waals surface area contributed by atoms with Crippen molar-refractivity contribution in [3.63, 3.8) is 0 Å². The van der Waals surface area contributed by atoms with Crippen molar-refractivity contribution in [1.82, 2.24) is 10.2 Å². The summed E-state index contributed by atoms with van der Waals surface area (Å²) in [4.78, 5) is 25.1. The van der Waals surface area contributed by atoms with E-state index in [0.29, 0.717) is 25.3 Å². The fraction of sp³-hybridized carbons (Fsp3) is 0.857. The largest absolute Gasteiger partial charge is 0.356 e. The van der Waals surface area contributed by atoms with Crippen LogP contribution in [-0.4, -0.2) is 36.9 Å². The molecular formula is C14H28N2O2.